The van der Waals surface area contributed by atoms with Gasteiger partial charge in [-0.1, -0.05) is 6.92 Å². The molecule has 8 heteroatoms. The number of benzene rings is 1. The lowest BCUT2D eigenvalue weighted by Gasteiger charge is -2.37. The lowest BCUT2D eigenvalue weighted by atomic mass is 9.77. The van der Waals surface area contributed by atoms with Gasteiger partial charge in [-0.05, 0) is 37.3 Å². The lowest BCUT2D eigenvalue weighted by molar-refractivity contribution is 0.0277. The van der Waals surface area contributed by atoms with Crippen molar-refractivity contribution < 1.29 is 26.7 Å². The average molecular weight is 323 g/mol. The van der Waals surface area contributed by atoms with E-state index in [9.17, 15) is 26.7 Å². The molecule has 0 spiro atoms. The molecular formula is C13H16F3NO3S. The SMILES string of the molecule is CCC(NS(=O)(=O)c1ccc(F)c(F)c1F)C1CC(O)C1. The predicted octanol–water partition coefficient (Wildman–Crippen LogP) is 1.93. The van der Waals surface area contributed by atoms with Crippen LogP contribution in [-0.4, -0.2) is 25.7 Å². The van der Waals surface area contributed by atoms with Crippen LogP contribution in [0.2, 0.25) is 0 Å². The third-order valence-electron chi connectivity index (χ3n) is 3.75. The van der Waals surface area contributed by atoms with Crippen LogP contribution in [0.25, 0.3) is 0 Å². The van der Waals surface area contributed by atoms with Crippen LogP contribution in [0.1, 0.15) is 26.2 Å². The Morgan fingerprint density at radius 1 is 1.29 bits per heavy atom. The molecule has 0 amide bonds. The fraction of sp³-hybridized carbons (Fsp3) is 0.538. The molecule has 0 radical (unpaired) electrons. The molecule has 1 unspecified atom stereocenters. The molecule has 4 nitrogen and oxygen atoms in total. The third-order valence-corrected chi connectivity index (χ3v) is 5.26. The number of hydrogen-bond donors (Lipinski definition) is 2. The van der Waals surface area contributed by atoms with Crippen LogP contribution in [0, 0.1) is 23.4 Å². The molecule has 1 aliphatic carbocycles. The maximum Gasteiger partial charge on any atom is 0.243 e. The molecule has 0 bridgehead atoms. The summed E-state index contributed by atoms with van der Waals surface area (Å²) in [4.78, 5) is -0.917. The van der Waals surface area contributed by atoms with Crippen LogP contribution in [0.4, 0.5) is 13.2 Å². The van der Waals surface area contributed by atoms with Crippen LogP contribution < -0.4 is 4.72 Å². The monoisotopic (exact) mass is 323 g/mol. The van der Waals surface area contributed by atoms with Gasteiger partial charge in [0, 0.05) is 6.04 Å². The highest BCUT2D eigenvalue weighted by Crippen LogP contribution is 2.32. The highest BCUT2D eigenvalue weighted by atomic mass is 32.2. The molecule has 1 aromatic carbocycles. The Bertz CT molecular complexity index is 630. The van der Waals surface area contributed by atoms with Gasteiger partial charge >= 0.3 is 0 Å². The van der Waals surface area contributed by atoms with E-state index in [1.807, 2.05) is 0 Å². The molecule has 118 valence electrons. The van der Waals surface area contributed by atoms with E-state index in [0.29, 0.717) is 31.4 Å². The van der Waals surface area contributed by atoms with Crippen LogP contribution >= 0.6 is 0 Å². The second-order valence-corrected chi connectivity index (χ2v) is 6.88. The van der Waals surface area contributed by atoms with Crippen LogP contribution in [0.3, 0.4) is 0 Å². The quantitative estimate of drug-likeness (QED) is 0.814. The van der Waals surface area contributed by atoms with E-state index in [-0.39, 0.29) is 5.92 Å². The first-order valence-corrected chi connectivity index (χ1v) is 8.08. The molecule has 0 aromatic heterocycles. The van der Waals surface area contributed by atoms with Gasteiger partial charge in [0.2, 0.25) is 10.0 Å². The smallest absolute Gasteiger partial charge is 0.243 e. The molecule has 0 heterocycles. The first-order chi connectivity index (χ1) is 9.76. The topological polar surface area (TPSA) is 66.4 Å². The van der Waals surface area contributed by atoms with E-state index in [1.54, 1.807) is 6.92 Å². The van der Waals surface area contributed by atoms with Crippen LogP contribution in [0.5, 0.6) is 0 Å². The van der Waals surface area contributed by atoms with E-state index in [2.05, 4.69) is 4.72 Å². The second kappa shape index (κ2) is 5.94. The minimum atomic E-state index is -4.29. The van der Waals surface area contributed by atoms with Crippen molar-refractivity contribution in [1.29, 1.82) is 0 Å². The van der Waals surface area contributed by atoms with E-state index >= 15 is 0 Å². The molecule has 1 fully saturated rings. The van der Waals surface area contributed by atoms with Crippen molar-refractivity contribution in [3.63, 3.8) is 0 Å². The van der Waals surface area contributed by atoms with E-state index in [0.717, 1.165) is 0 Å². The highest BCUT2D eigenvalue weighted by molar-refractivity contribution is 7.89. The molecule has 1 saturated carbocycles. The zero-order valence-corrected chi connectivity index (χ0v) is 12.1. The summed E-state index contributed by atoms with van der Waals surface area (Å²) in [5.74, 6) is -5.04. The Kier molecular flexibility index (Phi) is 4.60. The first-order valence-electron chi connectivity index (χ1n) is 6.60. The van der Waals surface area contributed by atoms with Crippen molar-refractivity contribution in [3.05, 3.63) is 29.6 Å². The van der Waals surface area contributed by atoms with Gasteiger partial charge in [-0.3, -0.25) is 0 Å². The Morgan fingerprint density at radius 3 is 2.43 bits per heavy atom. The van der Waals surface area contributed by atoms with Crippen molar-refractivity contribution in [2.75, 3.05) is 0 Å². The number of halogens is 3. The fourth-order valence-electron chi connectivity index (χ4n) is 2.45. The molecule has 2 rings (SSSR count). The largest absolute Gasteiger partial charge is 0.393 e. The van der Waals surface area contributed by atoms with Crippen LogP contribution in [0.15, 0.2) is 17.0 Å². The number of hydrogen-bond acceptors (Lipinski definition) is 3. The maximum atomic E-state index is 13.6. The summed E-state index contributed by atoms with van der Waals surface area (Å²) in [5, 5.41) is 9.26. The first kappa shape index (κ1) is 16.3. The molecular weight excluding hydrogens is 307 g/mol. The number of sulfonamides is 1. The number of aliphatic hydroxyl groups excluding tert-OH is 1. The van der Waals surface area contributed by atoms with Gasteiger partial charge in [-0.15, -0.1) is 0 Å². The van der Waals surface area contributed by atoms with E-state index < -0.39 is 44.5 Å². The maximum absolute atomic E-state index is 13.6. The minimum Gasteiger partial charge on any atom is -0.393 e. The lowest BCUT2D eigenvalue weighted by Crippen LogP contribution is -2.46. The van der Waals surface area contributed by atoms with Crippen molar-refractivity contribution in [3.8, 4) is 0 Å². The molecule has 1 atom stereocenters. The van der Waals surface area contributed by atoms with Gasteiger partial charge in [0.15, 0.2) is 17.5 Å². The van der Waals surface area contributed by atoms with Crippen molar-refractivity contribution in [2.24, 2.45) is 5.92 Å². The Morgan fingerprint density at radius 2 is 1.90 bits per heavy atom. The molecule has 0 aliphatic heterocycles. The summed E-state index contributed by atoms with van der Waals surface area (Å²) >= 11 is 0. The van der Waals surface area contributed by atoms with Crippen molar-refractivity contribution in [2.45, 2.75) is 43.2 Å². The summed E-state index contributed by atoms with van der Waals surface area (Å²) in [5.41, 5.74) is 0. The third kappa shape index (κ3) is 3.22. The minimum absolute atomic E-state index is 0.0480. The standard InChI is InChI=1S/C13H16F3NO3S/c1-2-10(7-5-8(18)6-7)17-21(19,20)11-4-3-9(14)12(15)13(11)16/h3-4,7-8,10,17-18H,2,5-6H2,1H3. The van der Waals surface area contributed by atoms with Gasteiger partial charge in [0.1, 0.15) is 4.90 Å². The van der Waals surface area contributed by atoms with Crippen molar-refractivity contribution in [1.82, 2.24) is 4.72 Å². The number of nitrogens with one attached hydrogen (secondary N) is 1. The van der Waals surface area contributed by atoms with Crippen molar-refractivity contribution >= 4 is 10.0 Å². The molecule has 1 aromatic rings. The van der Waals surface area contributed by atoms with Crippen LogP contribution in [-0.2, 0) is 10.0 Å². The summed E-state index contributed by atoms with van der Waals surface area (Å²) < 4.78 is 66.1. The molecule has 2 N–H and O–H groups in total. The number of aliphatic hydroxyl groups is 1. The normalized spacial score (nSPS) is 23.7. The van der Waals surface area contributed by atoms with Gasteiger partial charge in [0.05, 0.1) is 6.10 Å². The Balaban J connectivity index is 2.24. The molecule has 1 aliphatic rings. The summed E-state index contributed by atoms with van der Waals surface area (Å²) in [7, 11) is -4.29. The van der Waals surface area contributed by atoms with Gasteiger partial charge < -0.3 is 5.11 Å². The summed E-state index contributed by atoms with van der Waals surface area (Å²) in [6.45, 7) is 1.75. The van der Waals surface area contributed by atoms with E-state index in [1.165, 1.54) is 0 Å². The summed E-state index contributed by atoms with van der Waals surface area (Å²) in [6.07, 6.45) is 0.915. The van der Waals surface area contributed by atoms with Gasteiger partial charge in [-0.25, -0.2) is 26.3 Å². The van der Waals surface area contributed by atoms with Gasteiger partial charge in [0.25, 0.3) is 0 Å². The Labute approximate surface area is 121 Å². The zero-order valence-electron chi connectivity index (χ0n) is 11.3. The number of rotatable bonds is 5. The Hall–Kier alpha value is -1.12. The summed E-state index contributed by atoms with van der Waals surface area (Å²) in [6, 6.07) is 0.783. The molecule has 21 heavy (non-hydrogen) atoms. The second-order valence-electron chi connectivity index (χ2n) is 5.19. The zero-order chi connectivity index (χ0) is 15.8. The highest BCUT2D eigenvalue weighted by Gasteiger charge is 2.36. The molecule has 0 saturated heterocycles. The average Bonchev–Trinajstić information content (AvgIpc) is 2.38. The fourth-order valence-corrected chi connectivity index (χ4v) is 3.91. The van der Waals surface area contributed by atoms with Gasteiger partial charge in [-0.2, -0.15) is 0 Å². The predicted molar refractivity (Wildman–Crippen MR) is 69.4 cm³/mol. The van der Waals surface area contributed by atoms with E-state index in [4.69, 9.17) is 0 Å².